The fourth-order valence-corrected chi connectivity index (χ4v) is 0.819. The third-order valence-electron chi connectivity index (χ3n) is 1.44. The third-order valence-corrected chi connectivity index (χ3v) is 1.44. The Labute approximate surface area is 73.7 Å². The molecule has 1 aromatic rings. The minimum atomic E-state index is -1.55. The van der Waals surface area contributed by atoms with Gasteiger partial charge in [-0.1, -0.05) is 30.3 Å². The highest BCUT2D eigenvalue weighted by atomic mass is 19.2. The van der Waals surface area contributed by atoms with E-state index in [1.807, 2.05) is 0 Å². The molecule has 0 atom stereocenters. The van der Waals surface area contributed by atoms with Gasteiger partial charge in [-0.25, -0.2) is 4.39 Å². The monoisotopic (exact) mass is 183 g/mol. The number of carbonyl (C=O) groups is 1. The number of halogens is 2. The van der Waals surface area contributed by atoms with E-state index in [1.165, 1.54) is 24.3 Å². The van der Waals surface area contributed by atoms with Gasteiger partial charge in [-0.15, -0.1) is 0 Å². The molecular weight excluding hydrogens is 176 g/mol. The Hall–Kier alpha value is -1.71. The van der Waals surface area contributed by atoms with Crippen molar-refractivity contribution >= 4 is 11.7 Å². The van der Waals surface area contributed by atoms with Crippen molar-refractivity contribution in [3.63, 3.8) is 0 Å². The van der Waals surface area contributed by atoms with Crippen molar-refractivity contribution < 1.29 is 13.6 Å². The molecule has 0 bridgehead atoms. The standard InChI is InChI=1S/C9H7F2NO/c10-7(8(11)9(12)13)6-4-2-1-3-5-6/h1-5H,(H2,12,13)/b8-7+. The molecule has 2 nitrogen and oxygen atoms in total. The van der Waals surface area contributed by atoms with Crippen LogP contribution in [0.1, 0.15) is 5.56 Å². The van der Waals surface area contributed by atoms with Crippen LogP contribution in [0.4, 0.5) is 8.78 Å². The fraction of sp³-hybridized carbons (Fsp3) is 0. The molecule has 0 aliphatic rings. The lowest BCUT2D eigenvalue weighted by atomic mass is 10.2. The summed E-state index contributed by atoms with van der Waals surface area (Å²) in [5.74, 6) is -4.18. The van der Waals surface area contributed by atoms with E-state index in [4.69, 9.17) is 0 Å². The van der Waals surface area contributed by atoms with Crippen LogP contribution in [0.3, 0.4) is 0 Å². The Balaban J connectivity index is 3.11. The van der Waals surface area contributed by atoms with Gasteiger partial charge in [0.25, 0.3) is 5.91 Å². The molecule has 4 heteroatoms. The number of carbonyl (C=O) groups excluding carboxylic acids is 1. The molecule has 0 aliphatic heterocycles. The highest BCUT2D eigenvalue weighted by molar-refractivity contribution is 5.96. The Morgan fingerprint density at radius 1 is 1.15 bits per heavy atom. The molecule has 0 unspecified atom stereocenters. The van der Waals surface area contributed by atoms with Crippen LogP contribution < -0.4 is 5.73 Å². The summed E-state index contributed by atoms with van der Waals surface area (Å²) in [5.41, 5.74) is 4.56. The van der Waals surface area contributed by atoms with Crippen molar-refractivity contribution in [2.75, 3.05) is 0 Å². The predicted octanol–water partition coefficient (Wildman–Crippen LogP) is 1.78. The van der Waals surface area contributed by atoms with Crippen LogP contribution >= 0.6 is 0 Å². The minimum absolute atomic E-state index is 0.00111. The highest BCUT2D eigenvalue weighted by Gasteiger charge is 2.12. The average Bonchev–Trinajstić information content (AvgIpc) is 2.17. The molecule has 0 fully saturated rings. The summed E-state index contributed by atoms with van der Waals surface area (Å²) < 4.78 is 25.6. The number of nitrogens with two attached hydrogens (primary N) is 1. The van der Waals surface area contributed by atoms with Crippen molar-refractivity contribution in [2.45, 2.75) is 0 Å². The zero-order valence-corrected chi connectivity index (χ0v) is 6.63. The third kappa shape index (κ3) is 2.11. The van der Waals surface area contributed by atoms with Gasteiger partial charge in [0.15, 0.2) is 5.83 Å². The number of hydrogen-bond donors (Lipinski definition) is 1. The van der Waals surface area contributed by atoms with Crippen molar-refractivity contribution in [1.82, 2.24) is 0 Å². The van der Waals surface area contributed by atoms with Gasteiger partial charge in [0.05, 0.1) is 0 Å². The first kappa shape index (κ1) is 9.38. The zero-order valence-electron chi connectivity index (χ0n) is 6.63. The second-order valence-electron chi connectivity index (χ2n) is 2.36. The van der Waals surface area contributed by atoms with E-state index in [0.29, 0.717) is 0 Å². The van der Waals surface area contributed by atoms with Gasteiger partial charge in [0.2, 0.25) is 5.83 Å². The summed E-state index contributed by atoms with van der Waals surface area (Å²) in [6, 6.07) is 7.40. The number of amides is 1. The van der Waals surface area contributed by atoms with Gasteiger partial charge in [-0.2, -0.15) is 4.39 Å². The van der Waals surface area contributed by atoms with E-state index < -0.39 is 17.6 Å². The lowest BCUT2D eigenvalue weighted by molar-refractivity contribution is -0.115. The molecule has 68 valence electrons. The molecule has 1 amide bonds. The summed E-state index contributed by atoms with van der Waals surface area (Å²) in [4.78, 5) is 10.3. The first-order valence-electron chi connectivity index (χ1n) is 3.53. The Morgan fingerprint density at radius 2 is 1.69 bits per heavy atom. The maximum atomic E-state index is 13.0. The molecule has 0 saturated heterocycles. The molecule has 0 aromatic heterocycles. The maximum Gasteiger partial charge on any atom is 0.280 e. The summed E-state index contributed by atoms with van der Waals surface area (Å²) >= 11 is 0. The van der Waals surface area contributed by atoms with Crippen molar-refractivity contribution in [1.29, 1.82) is 0 Å². The molecule has 13 heavy (non-hydrogen) atoms. The van der Waals surface area contributed by atoms with E-state index in [0.717, 1.165) is 0 Å². The smallest absolute Gasteiger partial charge is 0.280 e. The van der Waals surface area contributed by atoms with E-state index in [2.05, 4.69) is 5.73 Å². The highest BCUT2D eigenvalue weighted by Crippen LogP contribution is 2.20. The van der Waals surface area contributed by atoms with Crippen LogP contribution in [-0.2, 0) is 4.79 Å². The van der Waals surface area contributed by atoms with Crippen molar-refractivity contribution in [3.8, 4) is 0 Å². The lowest BCUT2D eigenvalue weighted by Gasteiger charge is -1.97. The molecule has 0 aliphatic carbocycles. The predicted molar refractivity (Wildman–Crippen MR) is 44.8 cm³/mol. The average molecular weight is 183 g/mol. The van der Waals surface area contributed by atoms with E-state index >= 15 is 0 Å². The molecule has 2 N–H and O–H groups in total. The number of hydrogen-bond acceptors (Lipinski definition) is 1. The second kappa shape index (κ2) is 3.80. The molecule has 0 spiro atoms. The molecule has 0 heterocycles. The molecule has 1 rings (SSSR count). The quantitative estimate of drug-likeness (QED) is 0.697. The van der Waals surface area contributed by atoms with Crippen LogP contribution in [0.15, 0.2) is 36.2 Å². The van der Waals surface area contributed by atoms with E-state index in [-0.39, 0.29) is 5.56 Å². The number of benzene rings is 1. The van der Waals surface area contributed by atoms with Crippen LogP contribution in [0.2, 0.25) is 0 Å². The number of rotatable bonds is 2. The Kier molecular flexibility index (Phi) is 2.74. The van der Waals surface area contributed by atoms with Gasteiger partial charge in [0.1, 0.15) is 0 Å². The van der Waals surface area contributed by atoms with E-state index in [9.17, 15) is 13.6 Å². The summed E-state index contributed by atoms with van der Waals surface area (Å²) in [7, 11) is 0. The van der Waals surface area contributed by atoms with Crippen LogP contribution in [0.5, 0.6) is 0 Å². The minimum Gasteiger partial charge on any atom is -0.364 e. The van der Waals surface area contributed by atoms with Crippen molar-refractivity contribution in [3.05, 3.63) is 41.7 Å². The molecule has 0 radical (unpaired) electrons. The van der Waals surface area contributed by atoms with Crippen LogP contribution in [0, 0.1) is 0 Å². The van der Waals surface area contributed by atoms with Crippen LogP contribution in [-0.4, -0.2) is 5.91 Å². The zero-order chi connectivity index (χ0) is 9.84. The van der Waals surface area contributed by atoms with Gasteiger partial charge < -0.3 is 5.73 Å². The normalized spacial score (nSPS) is 12.2. The van der Waals surface area contributed by atoms with Gasteiger partial charge in [-0.3, -0.25) is 4.79 Å². The first-order chi connectivity index (χ1) is 6.13. The van der Waals surface area contributed by atoms with Gasteiger partial charge in [-0.05, 0) is 0 Å². The van der Waals surface area contributed by atoms with Gasteiger partial charge >= 0.3 is 0 Å². The lowest BCUT2D eigenvalue weighted by Crippen LogP contribution is -2.11. The van der Waals surface area contributed by atoms with E-state index in [1.54, 1.807) is 6.07 Å². The second-order valence-corrected chi connectivity index (χ2v) is 2.36. The SMILES string of the molecule is NC(=O)/C(F)=C(\F)c1ccccc1. The summed E-state index contributed by atoms with van der Waals surface area (Å²) in [6.07, 6.45) is 0. The van der Waals surface area contributed by atoms with Crippen molar-refractivity contribution in [2.24, 2.45) is 5.73 Å². The maximum absolute atomic E-state index is 13.0. The first-order valence-corrected chi connectivity index (χ1v) is 3.53. The summed E-state index contributed by atoms with van der Waals surface area (Å²) in [5, 5.41) is 0. The number of primary amides is 1. The molecule has 1 aromatic carbocycles. The molecule has 0 saturated carbocycles. The van der Waals surface area contributed by atoms with Gasteiger partial charge in [0, 0.05) is 5.56 Å². The summed E-state index contributed by atoms with van der Waals surface area (Å²) in [6.45, 7) is 0. The Bertz CT molecular complexity index is 346. The fourth-order valence-electron chi connectivity index (χ4n) is 0.819. The molecular formula is C9H7F2NO. The largest absolute Gasteiger partial charge is 0.364 e. The topological polar surface area (TPSA) is 43.1 Å². The van der Waals surface area contributed by atoms with Crippen LogP contribution in [0.25, 0.3) is 5.83 Å². The Morgan fingerprint density at radius 3 is 2.15 bits per heavy atom.